The molecule has 1 saturated carbocycles. The van der Waals surface area contributed by atoms with Crippen LogP contribution in [-0.4, -0.2) is 6.61 Å². The standard InChI is InChI=1S/C22H26F3O.Pr/c1-2-3-13-26-18-12-11-16-14-17(10-9-15-7-5-4-6-8-15)20(23)22(25)19(16)21(18)24;/h4,11-12,14-15H,2-3,5-10,13H2,1H3;/q-1;. The molecule has 0 heterocycles. The van der Waals surface area contributed by atoms with Gasteiger partial charge >= 0.3 is 0 Å². The van der Waals surface area contributed by atoms with Gasteiger partial charge in [0.1, 0.15) is 0 Å². The van der Waals surface area contributed by atoms with Crippen molar-refractivity contribution in [1.82, 2.24) is 0 Å². The minimum Gasteiger partial charge on any atom is -0.490 e. The maximum absolute atomic E-state index is 14.6. The number of fused-ring (bicyclic) bond motifs is 1. The third-order valence-corrected chi connectivity index (χ3v) is 5.30. The van der Waals surface area contributed by atoms with Crippen LogP contribution in [0.25, 0.3) is 10.8 Å². The zero-order valence-corrected chi connectivity index (χ0v) is 19.6. The first-order chi connectivity index (χ1) is 12.6. The maximum Gasteiger partial charge on any atom is 0.175 e. The van der Waals surface area contributed by atoms with Crippen LogP contribution < -0.4 is 4.74 Å². The van der Waals surface area contributed by atoms with Crippen LogP contribution in [0.2, 0.25) is 0 Å². The van der Waals surface area contributed by atoms with Crippen LogP contribution in [0.4, 0.5) is 13.2 Å². The van der Waals surface area contributed by atoms with Gasteiger partial charge in [0.25, 0.3) is 0 Å². The van der Waals surface area contributed by atoms with E-state index in [1.165, 1.54) is 6.07 Å². The van der Waals surface area contributed by atoms with E-state index in [-0.39, 0.29) is 52.4 Å². The number of aryl methyl sites for hydroxylation is 1. The average molecular weight is 504 g/mol. The van der Waals surface area contributed by atoms with E-state index in [9.17, 15) is 13.2 Å². The first kappa shape index (κ1) is 22.9. The van der Waals surface area contributed by atoms with Gasteiger partial charge in [-0.15, -0.1) is 0 Å². The first-order valence-corrected chi connectivity index (χ1v) is 9.65. The van der Waals surface area contributed by atoms with Gasteiger partial charge in [0.15, 0.2) is 23.2 Å². The van der Waals surface area contributed by atoms with Crippen molar-refractivity contribution in [2.24, 2.45) is 5.92 Å². The van der Waals surface area contributed by atoms with E-state index in [1.54, 1.807) is 12.1 Å². The number of ether oxygens (including phenoxy) is 1. The number of hydrogen-bond acceptors (Lipinski definition) is 1. The monoisotopic (exact) mass is 504 g/mol. The molecule has 27 heavy (non-hydrogen) atoms. The second-order valence-corrected chi connectivity index (χ2v) is 7.19. The Morgan fingerprint density at radius 3 is 2.52 bits per heavy atom. The van der Waals surface area contributed by atoms with Crippen LogP contribution in [0.1, 0.15) is 57.4 Å². The average Bonchev–Trinajstić information content (AvgIpc) is 2.66. The van der Waals surface area contributed by atoms with Gasteiger partial charge in [0, 0.05) is 41.3 Å². The van der Waals surface area contributed by atoms with Gasteiger partial charge < -0.3 is 11.2 Å². The fraction of sp³-hybridized carbons (Fsp3) is 0.500. The second-order valence-electron chi connectivity index (χ2n) is 7.19. The molecule has 0 atom stereocenters. The normalized spacial score (nSPS) is 15.0. The van der Waals surface area contributed by atoms with Crippen molar-refractivity contribution in [3.8, 4) is 5.75 Å². The predicted molar refractivity (Wildman–Crippen MR) is 98.8 cm³/mol. The van der Waals surface area contributed by atoms with Crippen LogP contribution in [0.15, 0.2) is 18.2 Å². The van der Waals surface area contributed by atoms with E-state index in [4.69, 9.17) is 4.74 Å². The Morgan fingerprint density at radius 1 is 1.07 bits per heavy atom. The number of unbranched alkanes of at least 4 members (excludes halogenated alkanes) is 1. The van der Waals surface area contributed by atoms with Crippen LogP contribution in [0.3, 0.4) is 0 Å². The molecular weight excluding hydrogens is 478 g/mol. The van der Waals surface area contributed by atoms with Crippen molar-refractivity contribution in [2.75, 3.05) is 6.61 Å². The van der Waals surface area contributed by atoms with Gasteiger partial charge in [-0.25, -0.2) is 13.2 Å². The minimum absolute atomic E-state index is 0. The molecule has 0 aromatic heterocycles. The molecule has 1 fully saturated rings. The summed E-state index contributed by atoms with van der Waals surface area (Å²) in [5.41, 5.74) is 0.337. The molecule has 0 aliphatic heterocycles. The van der Waals surface area contributed by atoms with Crippen LogP contribution in [-0.2, 0) is 6.42 Å². The summed E-state index contributed by atoms with van der Waals surface area (Å²) in [5.74, 6) is -2.30. The molecule has 2 aromatic rings. The molecule has 3 rings (SSSR count). The van der Waals surface area contributed by atoms with Crippen LogP contribution in [0.5, 0.6) is 5.75 Å². The van der Waals surface area contributed by atoms with Gasteiger partial charge in [-0.2, -0.15) is 12.8 Å². The van der Waals surface area contributed by atoms with E-state index in [0.29, 0.717) is 29.9 Å². The molecular formula is C22H26F3OPr-. The van der Waals surface area contributed by atoms with Crippen molar-refractivity contribution in [1.29, 1.82) is 0 Å². The Hall–Kier alpha value is -0.346. The summed E-state index contributed by atoms with van der Waals surface area (Å²) in [6, 6.07) is 4.70. The molecule has 1 nitrogen and oxygen atoms in total. The molecule has 0 amide bonds. The zero-order valence-electron chi connectivity index (χ0n) is 15.9. The Balaban J connectivity index is 0.00000261. The summed E-state index contributed by atoms with van der Waals surface area (Å²) in [6.07, 6.45) is 9.75. The van der Waals surface area contributed by atoms with E-state index < -0.39 is 17.5 Å². The van der Waals surface area contributed by atoms with Crippen molar-refractivity contribution < 1.29 is 59.2 Å². The quantitative estimate of drug-likeness (QED) is 0.299. The third kappa shape index (κ3) is 5.59. The van der Waals surface area contributed by atoms with Crippen LogP contribution in [0, 0.1) is 71.1 Å². The van der Waals surface area contributed by atoms with E-state index in [1.807, 2.05) is 6.92 Å². The Bertz CT molecular complexity index is 757. The Labute approximate surface area is 193 Å². The predicted octanol–water partition coefficient (Wildman–Crippen LogP) is 6.76. The second kappa shape index (κ2) is 11.0. The van der Waals surface area contributed by atoms with Gasteiger partial charge in [-0.1, -0.05) is 32.3 Å². The van der Waals surface area contributed by atoms with Gasteiger partial charge in [0.05, 0.1) is 12.0 Å². The zero-order chi connectivity index (χ0) is 18.5. The van der Waals surface area contributed by atoms with E-state index in [0.717, 1.165) is 44.9 Å². The van der Waals surface area contributed by atoms with Crippen LogP contribution >= 0.6 is 0 Å². The molecule has 5 heteroatoms. The number of benzene rings is 2. The molecule has 0 unspecified atom stereocenters. The smallest absolute Gasteiger partial charge is 0.175 e. The molecule has 2 aromatic carbocycles. The summed E-state index contributed by atoms with van der Waals surface area (Å²) in [6.45, 7) is 2.36. The van der Waals surface area contributed by atoms with Crippen molar-refractivity contribution in [3.05, 3.63) is 47.6 Å². The molecule has 0 saturated heterocycles. The number of halogens is 3. The van der Waals surface area contributed by atoms with E-state index in [2.05, 4.69) is 6.42 Å². The van der Waals surface area contributed by atoms with Crippen molar-refractivity contribution in [2.45, 2.75) is 58.3 Å². The molecule has 1 aliphatic carbocycles. The fourth-order valence-corrected chi connectivity index (χ4v) is 3.68. The third-order valence-electron chi connectivity index (χ3n) is 5.30. The van der Waals surface area contributed by atoms with Crippen molar-refractivity contribution in [3.63, 3.8) is 0 Å². The Kier molecular flexibility index (Phi) is 9.34. The summed E-state index contributed by atoms with van der Waals surface area (Å²) < 4.78 is 49.1. The summed E-state index contributed by atoms with van der Waals surface area (Å²) in [4.78, 5) is 0. The molecule has 0 bridgehead atoms. The SMILES string of the molecule is CCCCOc1ccc2cc(CCC3CC[CH-]CC3)c(F)c(F)c2c1F.[Pr]. The minimum atomic E-state index is -1.10. The van der Waals surface area contributed by atoms with Crippen molar-refractivity contribution >= 4 is 10.8 Å². The summed E-state index contributed by atoms with van der Waals surface area (Å²) in [5, 5.41) is 0.0729. The largest absolute Gasteiger partial charge is 0.490 e. The number of rotatable bonds is 7. The molecule has 0 N–H and O–H groups in total. The Morgan fingerprint density at radius 2 is 1.81 bits per heavy atom. The van der Waals surface area contributed by atoms with E-state index >= 15 is 0 Å². The molecule has 1 aliphatic rings. The van der Waals surface area contributed by atoms with Gasteiger partial charge in [0.2, 0.25) is 0 Å². The fourth-order valence-electron chi connectivity index (χ4n) is 3.68. The van der Waals surface area contributed by atoms with Gasteiger partial charge in [-0.3, -0.25) is 0 Å². The molecule has 0 spiro atoms. The topological polar surface area (TPSA) is 9.23 Å². The molecule has 145 valence electrons. The number of hydrogen-bond donors (Lipinski definition) is 0. The summed E-state index contributed by atoms with van der Waals surface area (Å²) >= 11 is 0. The van der Waals surface area contributed by atoms with Gasteiger partial charge in [-0.05, 0) is 48.3 Å². The maximum atomic E-state index is 14.6. The molecule has 1 radical (unpaired) electrons. The summed E-state index contributed by atoms with van der Waals surface area (Å²) in [7, 11) is 0. The first-order valence-electron chi connectivity index (χ1n) is 9.65.